The van der Waals surface area contributed by atoms with Crippen molar-refractivity contribution in [3.63, 3.8) is 0 Å². The van der Waals surface area contributed by atoms with E-state index in [2.05, 4.69) is 20.3 Å². The molecular weight excluding hydrogens is 347 g/mol. The Balaban J connectivity index is 1.67. The smallest absolute Gasteiger partial charge is 0.253 e. The van der Waals surface area contributed by atoms with E-state index >= 15 is 0 Å². The average molecular weight is 359 g/mol. The van der Waals surface area contributed by atoms with Gasteiger partial charge in [0.2, 0.25) is 0 Å². The van der Waals surface area contributed by atoms with Crippen molar-refractivity contribution in [2.45, 2.75) is 6.54 Å². The third-order valence-electron chi connectivity index (χ3n) is 3.88. The van der Waals surface area contributed by atoms with Gasteiger partial charge in [-0.15, -0.1) is 0 Å². The molecule has 5 nitrogen and oxygen atoms in total. The van der Waals surface area contributed by atoms with Crippen molar-refractivity contribution in [3.8, 4) is 0 Å². The number of imidazole rings is 1. The van der Waals surface area contributed by atoms with E-state index in [1.807, 2.05) is 24.3 Å². The van der Waals surface area contributed by atoms with Gasteiger partial charge < -0.3 is 15.3 Å². The molecule has 7 heteroatoms. The van der Waals surface area contributed by atoms with Gasteiger partial charge in [-0.3, -0.25) is 4.79 Å². The summed E-state index contributed by atoms with van der Waals surface area (Å²) in [4.78, 5) is 22.3. The molecule has 0 aliphatic carbocycles. The fraction of sp³-hybridized carbons (Fsp3) is 0.0588. The van der Waals surface area contributed by atoms with Gasteiger partial charge in [-0.1, -0.05) is 23.2 Å². The SMILES string of the molecule is O=c1[nH]c2ccc(Cl)cc2cc1CNc1ccc2[nH]cnc2c1Cl. The Morgan fingerprint density at radius 3 is 2.79 bits per heavy atom. The first-order chi connectivity index (χ1) is 11.6. The molecule has 0 aliphatic heterocycles. The molecule has 0 unspecified atom stereocenters. The summed E-state index contributed by atoms with van der Waals surface area (Å²) in [7, 11) is 0. The van der Waals surface area contributed by atoms with Gasteiger partial charge >= 0.3 is 0 Å². The molecule has 2 heterocycles. The lowest BCUT2D eigenvalue weighted by Gasteiger charge is -2.09. The van der Waals surface area contributed by atoms with E-state index in [0.29, 0.717) is 27.7 Å². The van der Waals surface area contributed by atoms with Crippen molar-refractivity contribution in [1.82, 2.24) is 15.0 Å². The number of aromatic nitrogens is 3. The van der Waals surface area contributed by atoms with Crippen molar-refractivity contribution in [2.24, 2.45) is 0 Å². The van der Waals surface area contributed by atoms with Crippen LogP contribution in [0.15, 0.2) is 47.5 Å². The molecule has 0 saturated heterocycles. The van der Waals surface area contributed by atoms with E-state index in [1.165, 1.54) is 0 Å². The summed E-state index contributed by atoms with van der Waals surface area (Å²) < 4.78 is 0. The number of pyridine rings is 1. The van der Waals surface area contributed by atoms with Gasteiger partial charge in [-0.25, -0.2) is 4.98 Å². The maximum atomic E-state index is 12.2. The normalized spacial score (nSPS) is 11.2. The summed E-state index contributed by atoms with van der Waals surface area (Å²) in [6.45, 7) is 0.341. The number of rotatable bonds is 3. The maximum absolute atomic E-state index is 12.2. The van der Waals surface area contributed by atoms with E-state index in [0.717, 1.165) is 22.1 Å². The molecule has 4 aromatic rings. The van der Waals surface area contributed by atoms with Gasteiger partial charge in [-0.2, -0.15) is 0 Å². The molecule has 3 N–H and O–H groups in total. The minimum atomic E-state index is -0.144. The first-order valence-corrected chi connectivity index (χ1v) is 8.04. The molecule has 0 radical (unpaired) electrons. The molecule has 24 heavy (non-hydrogen) atoms. The minimum Gasteiger partial charge on any atom is -0.379 e. The molecule has 0 spiro atoms. The Morgan fingerprint density at radius 1 is 1.08 bits per heavy atom. The molecule has 0 fully saturated rings. The van der Waals surface area contributed by atoms with Crippen molar-refractivity contribution in [2.75, 3.05) is 5.32 Å². The summed E-state index contributed by atoms with van der Waals surface area (Å²) in [5.74, 6) is 0. The number of nitrogens with zero attached hydrogens (tertiary/aromatic N) is 1. The summed E-state index contributed by atoms with van der Waals surface area (Å²) in [6, 6.07) is 10.9. The molecule has 4 rings (SSSR count). The number of fused-ring (bicyclic) bond motifs is 2. The predicted octanol–water partition coefficient (Wildman–Crippen LogP) is 4.32. The molecule has 2 aromatic carbocycles. The third kappa shape index (κ3) is 2.62. The number of nitrogens with one attached hydrogen (secondary N) is 3. The van der Waals surface area contributed by atoms with E-state index < -0.39 is 0 Å². The Hall–Kier alpha value is -2.50. The topological polar surface area (TPSA) is 73.6 Å². The van der Waals surface area contributed by atoms with Crippen LogP contribution in [-0.2, 0) is 6.54 Å². The zero-order valence-electron chi connectivity index (χ0n) is 12.4. The first kappa shape index (κ1) is 15.1. The summed E-state index contributed by atoms with van der Waals surface area (Å²) in [6.07, 6.45) is 1.60. The monoisotopic (exact) mass is 358 g/mol. The zero-order valence-corrected chi connectivity index (χ0v) is 13.9. The van der Waals surface area contributed by atoms with E-state index in [1.54, 1.807) is 18.5 Å². The van der Waals surface area contributed by atoms with Crippen LogP contribution in [0.4, 0.5) is 5.69 Å². The lowest BCUT2D eigenvalue weighted by atomic mass is 10.1. The van der Waals surface area contributed by atoms with E-state index in [-0.39, 0.29) is 5.56 Å². The number of halogens is 2. The van der Waals surface area contributed by atoms with Gasteiger partial charge in [0.05, 0.1) is 22.6 Å². The average Bonchev–Trinajstić information content (AvgIpc) is 3.04. The second-order valence-corrected chi connectivity index (χ2v) is 6.25. The zero-order chi connectivity index (χ0) is 16.7. The number of hydrogen-bond acceptors (Lipinski definition) is 3. The lowest BCUT2D eigenvalue weighted by molar-refractivity contribution is 1.09. The number of hydrogen-bond donors (Lipinski definition) is 3. The second-order valence-electron chi connectivity index (χ2n) is 5.43. The largest absolute Gasteiger partial charge is 0.379 e. The van der Waals surface area contributed by atoms with Gasteiger partial charge in [-0.05, 0) is 36.4 Å². The summed E-state index contributed by atoms with van der Waals surface area (Å²) in [5.41, 5.74) is 3.49. The summed E-state index contributed by atoms with van der Waals surface area (Å²) in [5, 5.41) is 5.22. The first-order valence-electron chi connectivity index (χ1n) is 7.29. The second kappa shape index (κ2) is 5.85. The van der Waals surface area contributed by atoms with Crippen LogP contribution < -0.4 is 10.9 Å². The van der Waals surface area contributed by atoms with Gasteiger partial charge in [0, 0.05) is 28.0 Å². The molecule has 0 aliphatic rings. The van der Waals surface area contributed by atoms with Crippen LogP contribution in [0.1, 0.15) is 5.56 Å². The standard InChI is InChI=1S/C17H12Cl2N4O/c18-11-1-2-12-9(6-11)5-10(17(24)23-12)7-20-13-3-4-14-16(15(13)19)22-8-21-14/h1-6,8,20H,7H2,(H,21,22)(H,23,24). The van der Waals surface area contributed by atoms with Crippen LogP contribution in [0.25, 0.3) is 21.9 Å². The molecule has 0 amide bonds. The summed E-state index contributed by atoms with van der Waals surface area (Å²) >= 11 is 12.4. The Labute approximate surface area is 146 Å². The quantitative estimate of drug-likeness (QED) is 0.510. The molecule has 0 bridgehead atoms. The van der Waals surface area contributed by atoms with Crippen LogP contribution >= 0.6 is 23.2 Å². The van der Waals surface area contributed by atoms with Crippen LogP contribution in [0.2, 0.25) is 10.0 Å². The molecule has 0 saturated carbocycles. The van der Waals surface area contributed by atoms with Crippen LogP contribution in [0, 0.1) is 0 Å². The highest BCUT2D eigenvalue weighted by atomic mass is 35.5. The van der Waals surface area contributed by atoms with Crippen LogP contribution in [-0.4, -0.2) is 15.0 Å². The van der Waals surface area contributed by atoms with Crippen LogP contribution in [0.3, 0.4) is 0 Å². The molecular formula is C17H12Cl2N4O. The Morgan fingerprint density at radius 2 is 1.92 bits per heavy atom. The predicted molar refractivity (Wildman–Crippen MR) is 98.0 cm³/mol. The number of anilines is 1. The Kier molecular flexibility index (Phi) is 3.67. The number of benzene rings is 2. The van der Waals surface area contributed by atoms with E-state index in [9.17, 15) is 4.79 Å². The maximum Gasteiger partial charge on any atom is 0.253 e. The molecule has 2 aromatic heterocycles. The fourth-order valence-electron chi connectivity index (χ4n) is 2.65. The highest BCUT2D eigenvalue weighted by molar-refractivity contribution is 6.37. The lowest BCUT2D eigenvalue weighted by Crippen LogP contribution is -2.15. The van der Waals surface area contributed by atoms with Crippen molar-refractivity contribution in [1.29, 1.82) is 0 Å². The Bertz CT molecular complexity index is 1120. The highest BCUT2D eigenvalue weighted by Gasteiger charge is 2.09. The van der Waals surface area contributed by atoms with Gasteiger partial charge in [0.1, 0.15) is 5.52 Å². The number of aromatic amines is 2. The fourth-order valence-corrected chi connectivity index (χ4v) is 3.12. The third-order valence-corrected chi connectivity index (χ3v) is 4.50. The van der Waals surface area contributed by atoms with Crippen molar-refractivity contribution >= 4 is 50.8 Å². The van der Waals surface area contributed by atoms with Crippen molar-refractivity contribution in [3.05, 3.63) is 68.7 Å². The van der Waals surface area contributed by atoms with Gasteiger partial charge in [0.15, 0.2) is 0 Å². The van der Waals surface area contributed by atoms with E-state index in [4.69, 9.17) is 23.2 Å². The molecule has 0 atom stereocenters. The highest BCUT2D eigenvalue weighted by Crippen LogP contribution is 2.29. The molecule has 120 valence electrons. The van der Waals surface area contributed by atoms with Crippen molar-refractivity contribution < 1.29 is 0 Å². The van der Waals surface area contributed by atoms with Gasteiger partial charge in [0.25, 0.3) is 5.56 Å². The minimum absolute atomic E-state index is 0.144. The van der Waals surface area contributed by atoms with Crippen LogP contribution in [0.5, 0.6) is 0 Å². The number of H-pyrrole nitrogens is 2.